The van der Waals surface area contributed by atoms with E-state index in [4.69, 9.17) is 4.74 Å². The summed E-state index contributed by atoms with van der Waals surface area (Å²) in [6.07, 6.45) is 4.92. The van der Waals surface area contributed by atoms with Gasteiger partial charge >= 0.3 is 7.12 Å². The Morgan fingerprint density at radius 1 is 1.18 bits per heavy atom. The van der Waals surface area contributed by atoms with E-state index in [2.05, 4.69) is 20.6 Å². The molecule has 1 unspecified atom stereocenters. The largest absolute Gasteiger partial charge is 0.475 e. The van der Waals surface area contributed by atoms with Crippen molar-refractivity contribution in [2.45, 2.75) is 24.8 Å². The summed E-state index contributed by atoms with van der Waals surface area (Å²) in [6.45, 7) is -0.0925. The fraction of sp³-hybridized carbons (Fsp3) is 0.333. The number of hydrogen-bond acceptors (Lipinski definition) is 7. The first-order valence-corrected chi connectivity index (χ1v) is 8.77. The van der Waals surface area contributed by atoms with Crippen LogP contribution in [-0.4, -0.2) is 64.6 Å². The van der Waals surface area contributed by atoms with Gasteiger partial charge in [-0.1, -0.05) is 30.3 Å². The molecule has 2 aromatic rings. The Bertz CT molecular complexity index is 748. The summed E-state index contributed by atoms with van der Waals surface area (Å²) in [4.78, 5) is 32.5. The summed E-state index contributed by atoms with van der Waals surface area (Å²) in [5.74, 6) is -2.08. The molecular formula is C18H23BN4O5. The Hall–Kier alpha value is -2.82. The van der Waals surface area contributed by atoms with Gasteiger partial charge < -0.3 is 25.4 Å². The van der Waals surface area contributed by atoms with E-state index >= 15 is 0 Å². The second-order valence-electron chi connectivity index (χ2n) is 6.13. The number of amides is 2. The van der Waals surface area contributed by atoms with Crippen molar-refractivity contribution in [2.24, 2.45) is 0 Å². The molecule has 0 aliphatic carbocycles. The van der Waals surface area contributed by atoms with Gasteiger partial charge in [0, 0.05) is 19.5 Å². The predicted octanol–water partition coefficient (Wildman–Crippen LogP) is -0.649. The average molecular weight is 386 g/mol. The lowest BCUT2D eigenvalue weighted by Gasteiger charge is -2.22. The highest BCUT2D eigenvalue weighted by atomic mass is 16.5. The minimum absolute atomic E-state index is 0.0548. The maximum atomic E-state index is 12.6. The molecule has 0 spiro atoms. The molecule has 2 atom stereocenters. The van der Waals surface area contributed by atoms with Gasteiger partial charge in [0.15, 0.2) is 0 Å². The molecule has 1 aromatic carbocycles. The number of nitrogens with one attached hydrogen (secondary N) is 2. The Kier molecular flexibility index (Phi) is 8.54. The fourth-order valence-electron chi connectivity index (χ4n) is 2.54. The third kappa shape index (κ3) is 6.73. The van der Waals surface area contributed by atoms with Crippen LogP contribution in [0.15, 0.2) is 48.9 Å². The molecule has 9 nitrogen and oxygen atoms in total. The summed E-state index contributed by atoms with van der Waals surface area (Å²) in [7, 11) is -0.353. The van der Waals surface area contributed by atoms with Crippen LogP contribution in [0, 0.1) is 0 Å². The third-order valence-electron chi connectivity index (χ3n) is 4.03. The molecule has 0 radical (unpaired) electrons. The molecule has 0 aliphatic heterocycles. The number of nitrogens with zero attached hydrogens (tertiary/aromatic N) is 2. The molecule has 1 heterocycles. The quantitative estimate of drug-likeness (QED) is 0.399. The number of benzene rings is 1. The van der Waals surface area contributed by atoms with Crippen LogP contribution in [0.2, 0.25) is 0 Å². The minimum Gasteiger partial charge on any atom is -0.426 e. The van der Waals surface area contributed by atoms with Crippen molar-refractivity contribution in [2.75, 3.05) is 13.7 Å². The lowest BCUT2D eigenvalue weighted by atomic mass is 9.76. The molecule has 0 bridgehead atoms. The van der Waals surface area contributed by atoms with Crippen molar-refractivity contribution in [3.05, 3.63) is 60.2 Å². The summed E-state index contributed by atoms with van der Waals surface area (Å²) in [5, 5.41) is 24.3. The number of aromatic nitrogens is 2. The normalized spacial score (nSPS) is 12.7. The standard InChI is InChI=1S/C18H23BN4O5/c1-28-12-15(22-17(24)14-11-20-9-10-21-14)18(25)23-16(19(26)27)8-7-13-5-3-2-4-6-13/h2-6,9-11,15-16,26-27H,7-8,12H2,1H3,(H,22,24)(H,23,25)/t15?,16-/m0/s1. The first kappa shape index (κ1) is 21.5. The van der Waals surface area contributed by atoms with E-state index < -0.39 is 30.9 Å². The van der Waals surface area contributed by atoms with Crippen molar-refractivity contribution < 1.29 is 24.4 Å². The molecule has 0 aliphatic rings. The van der Waals surface area contributed by atoms with Gasteiger partial charge in [-0.3, -0.25) is 14.6 Å². The molecule has 4 N–H and O–H groups in total. The molecule has 1 aromatic heterocycles. The number of carbonyl (C=O) groups is 2. The Balaban J connectivity index is 1.98. The van der Waals surface area contributed by atoms with E-state index in [0.717, 1.165) is 5.56 Å². The first-order chi connectivity index (χ1) is 13.5. The van der Waals surface area contributed by atoms with Crippen molar-refractivity contribution in [3.63, 3.8) is 0 Å². The van der Waals surface area contributed by atoms with Gasteiger partial charge in [0.25, 0.3) is 5.91 Å². The van der Waals surface area contributed by atoms with Crippen molar-refractivity contribution in [1.82, 2.24) is 20.6 Å². The smallest absolute Gasteiger partial charge is 0.426 e. The van der Waals surface area contributed by atoms with Crippen molar-refractivity contribution in [3.8, 4) is 0 Å². The number of aryl methyl sites for hydroxylation is 1. The molecule has 2 amide bonds. The maximum absolute atomic E-state index is 12.6. The minimum atomic E-state index is -1.74. The van der Waals surface area contributed by atoms with E-state index in [1.54, 1.807) is 0 Å². The van der Waals surface area contributed by atoms with Crippen LogP contribution < -0.4 is 10.6 Å². The second-order valence-corrected chi connectivity index (χ2v) is 6.13. The van der Waals surface area contributed by atoms with E-state index in [0.29, 0.717) is 12.8 Å². The molecule has 0 saturated heterocycles. The number of methoxy groups -OCH3 is 1. The number of rotatable bonds is 10. The van der Waals surface area contributed by atoms with Gasteiger partial charge in [0.05, 0.1) is 18.7 Å². The van der Waals surface area contributed by atoms with Gasteiger partial charge in [0.2, 0.25) is 5.91 Å². The highest BCUT2D eigenvalue weighted by molar-refractivity contribution is 6.43. The summed E-state index contributed by atoms with van der Waals surface area (Å²) < 4.78 is 5.00. The van der Waals surface area contributed by atoms with Crippen LogP contribution in [0.1, 0.15) is 22.5 Å². The monoisotopic (exact) mass is 386 g/mol. The predicted molar refractivity (Wildman–Crippen MR) is 102 cm³/mol. The molecular weight excluding hydrogens is 363 g/mol. The Labute approximate surface area is 163 Å². The summed E-state index contributed by atoms with van der Waals surface area (Å²) in [6, 6.07) is 8.45. The topological polar surface area (TPSA) is 134 Å². The molecule has 2 rings (SSSR count). The molecule has 10 heteroatoms. The Morgan fingerprint density at radius 2 is 1.93 bits per heavy atom. The fourth-order valence-corrected chi connectivity index (χ4v) is 2.54. The van der Waals surface area contributed by atoms with Crippen LogP contribution in [0.5, 0.6) is 0 Å². The second kappa shape index (κ2) is 11.1. The lowest BCUT2D eigenvalue weighted by Crippen LogP contribution is -2.55. The van der Waals surface area contributed by atoms with Gasteiger partial charge in [-0.05, 0) is 18.4 Å². The van der Waals surface area contributed by atoms with E-state index in [1.165, 1.54) is 25.7 Å². The molecule has 0 saturated carbocycles. The van der Waals surface area contributed by atoms with E-state index in [1.807, 2.05) is 30.3 Å². The van der Waals surface area contributed by atoms with Crippen LogP contribution in [-0.2, 0) is 16.0 Å². The number of ether oxygens (including phenoxy) is 1. The average Bonchev–Trinajstić information content (AvgIpc) is 2.71. The first-order valence-electron chi connectivity index (χ1n) is 8.77. The van der Waals surface area contributed by atoms with E-state index in [-0.39, 0.29) is 12.3 Å². The highest BCUT2D eigenvalue weighted by Gasteiger charge is 2.29. The van der Waals surface area contributed by atoms with Crippen LogP contribution >= 0.6 is 0 Å². The van der Waals surface area contributed by atoms with Gasteiger partial charge in [-0.2, -0.15) is 0 Å². The number of carbonyl (C=O) groups excluding carboxylic acids is 2. The summed E-state index contributed by atoms with van der Waals surface area (Å²) in [5.41, 5.74) is 1.06. The van der Waals surface area contributed by atoms with Gasteiger partial charge in [-0.15, -0.1) is 0 Å². The summed E-state index contributed by atoms with van der Waals surface area (Å²) >= 11 is 0. The Morgan fingerprint density at radius 3 is 2.54 bits per heavy atom. The van der Waals surface area contributed by atoms with Crippen LogP contribution in [0.25, 0.3) is 0 Å². The zero-order valence-electron chi connectivity index (χ0n) is 15.5. The zero-order valence-corrected chi connectivity index (χ0v) is 15.5. The lowest BCUT2D eigenvalue weighted by molar-refractivity contribution is -0.124. The van der Waals surface area contributed by atoms with Crippen LogP contribution in [0.3, 0.4) is 0 Å². The van der Waals surface area contributed by atoms with Gasteiger partial charge in [0.1, 0.15) is 11.7 Å². The number of hydrogen-bond donors (Lipinski definition) is 4. The highest BCUT2D eigenvalue weighted by Crippen LogP contribution is 2.06. The SMILES string of the molecule is COCC(NC(=O)c1cnccn1)C(=O)N[C@@H](CCc1ccccc1)B(O)O. The van der Waals surface area contributed by atoms with Crippen molar-refractivity contribution in [1.29, 1.82) is 0 Å². The van der Waals surface area contributed by atoms with Crippen LogP contribution in [0.4, 0.5) is 0 Å². The third-order valence-corrected chi connectivity index (χ3v) is 4.03. The van der Waals surface area contributed by atoms with Crippen molar-refractivity contribution >= 4 is 18.9 Å². The van der Waals surface area contributed by atoms with Gasteiger partial charge in [-0.25, -0.2) is 4.98 Å². The van der Waals surface area contributed by atoms with E-state index in [9.17, 15) is 19.6 Å². The molecule has 28 heavy (non-hydrogen) atoms. The maximum Gasteiger partial charge on any atom is 0.475 e. The molecule has 0 fully saturated rings. The zero-order chi connectivity index (χ0) is 20.4. The molecule has 148 valence electrons.